The Balaban J connectivity index is 1.77. The first-order chi connectivity index (χ1) is 16.5. The van der Waals surface area contributed by atoms with Crippen LogP contribution < -0.4 is 24.4 Å². The van der Waals surface area contributed by atoms with Gasteiger partial charge in [-0.2, -0.15) is 0 Å². The summed E-state index contributed by atoms with van der Waals surface area (Å²) in [5.74, 6) is 1.02. The summed E-state index contributed by atoms with van der Waals surface area (Å²) in [4.78, 5) is 28.3. The van der Waals surface area contributed by atoms with Crippen molar-refractivity contribution in [1.82, 2.24) is 0 Å². The van der Waals surface area contributed by atoms with Gasteiger partial charge in [-0.25, -0.2) is 4.90 Å². The van der Waals surface area contributed by atoms with E-state index in [9.17, 15) is 9.59 Å². The molecule has 0 aliphatic carbocycles. The number of hydrogen-bond donors (Lipinski definition) is 1. The first-order valence-electron chi connectivity index (χ1n) is 11.1. The van der Waals surface area contributed by atoms with Crippen molar-refractivity contribution in [1.29, 1.82) is 0 Å². The smallest absolute Gasteiger partial charge is 0.282 e. The molecule has 174 valence electrons. The van der Waals surface area contributed by atoms with E-state index in [2.05, 4.69) is 5.32 Å². The molecule has 1 heterocycles. The Morgan fingerprint density at radius 3 is 2.15 bits per heavy atom. The Kier molecular flexibility index (Phi) is 6.82. The summed E-state index contributed by atoms with van der Waals surface area (Å²) < 4.78 is 16.4. The van der Waals surface area contributed by atoms with Crippen LogP contribution in [0.15, 0.2) is 78.5 Å². The first-order valence-corrected chi connectivity index (χ1v) is 11.1. The highest BCUT2D eigenvalue weighted by Gasteiger charge is 2.40. The van der Waals surface area contributed by atoms with Gasteiger partial charge in [0.1, 0.15) is 22.9 Å². The van der Waals surface area contributed by atoms with Crippen molar-refractivity contribution in [2.75, 3.05) is 30.5 Å². The van der Waals surface area contributed by atoms with Crippen LogP contribution in [0.2, 0.25) is 0 Å². The number of hydrogen-bond acceptors (Lipinski definition) is 6. The number of rotatable bonds is 9. The normalized spacial score (nSPS) is 13.3. The molecular formula is C27H26N2O5. The second-order valence-electron chi connectivity index (χ2n) is 7.44. The van der Waals surface area contributed by atoms with Gasteiger partial charge < -0.3 is 19.5 Å². The van der Waals surface area contributed by atoms with Crippen LogP contribution in [0.25, 0.3) is 5.57 Å². The molecule has 7 heteroatoms. The number of ether oxygens (including phenoxy) is 3. The van der Waals surface area contributed by atoms with E-state index in [1.54, 1.807) is 54.6 Å². The van der Waals surface area contributed by atoms with Gasteiger partial charge in [-0.3, -0.25) is 9.59 Å². The summed E-state index contributed by atoms with van der Waals surface area (Å²) in [5, 5.41) is 3.16. The van der Waals surface area contributed by atoms with E-state index in [1.165, 1.54) is 7.11 Å². The minimum Gasteiger partial charge on any atom is -0.497 e. The highest BCUT2D eigenvalue weighted by atomic mass is 16.5. The number of anilines is 2. The standard InChI is InChI=1S/C27H26N2O5/c1-4-33-21-14-12-18(13-15-21)24-25(28-19-8-6-11-23(16-19)34-5-2)27(31)29(26(24)30)20-9-7-10-22(17-20)32-3/h6-17,28H,4-5H2,1-3H3. The Bertz CT molecular complexity index is 1230. The Morgan fingerprint density at radius 1 is 0.765 bits per heavy atom. The molecule has 1 aliphatic heterocycles. The lowest BCUT2D eigenvalue weighted by molar-refractivity contribution is -0.120. The second-order valence-corrected chi connectivity index (χ2v) is 7.44. The third-order valence-corrected chi connectivity index (χ3v) is 5.26. The Morgan fingerprint density at radius 2 is 1.44 bits per heavy atom. The largest absolute Gasteiger partial charge is 0.497 e. The van der Waals surface area contributed by atoms with Gasteiger partial charge in [-0.05, 0) is 55.8 Å². The van der Waals surface area contributed by atoms with Gasteiger partial charge in [-0.15, -0.1) is 0 Å². The van der Waals surface area contributed by atoms with Gasteiger partial charge in [0.2, 0.25) is 0 Å². The number of benzene rings is 3. The number of nitrogens with zero attached hydrogens (tertiary/aromatic N) is 1. The van der Waals surface area contributed by atoms with Crippen LogP contribution in [0.4, 0.5) is 11.4 Å². The topological polar surface area (TPSA) is 77.1 Å². The molecule has 1 aliphatic rings. The Hall–Kier alpha value is -4.26. The van der Waals surface area contributed by atoms with Crippen LogP contribution in [0.5, 0.6) is 17.2 Å². The molecule has 0 atom stereocenters. The summed E-state index contributed by atoms with van der Waals surface area (Å²) >= 11 is 0. The summed E-state index contributed by atoms with van der Waals surface area (Å²) in [6.07, 6.45) is 0. The number of nitrogens with one attached hydrogen (secondary N) is 1. The van der Waals surface area contributed by atoms with Crippen LogP contribution in [-0.2, 0) is 9.59 Å². The highest BCUT2D eigenvalue weighted by Crippen LogP contribution is 2.35. The summed E-state index contributed by atoms with van der Waals surface area (Å²) in [5.41, 5.74) is 2.13. The van der Waals surface area contributed by atoms with Crippen LogP contribution in [0, 0.1) is 0 Å². The average molecular weight is 459 g/mol. The number of carbonyl (C=O) groups is 2. The molecular weight excluding hydrogens is 432 g/mol. The van der Waals surface area contributed by atoms with Crippen molar-refractivity contribution in [3.05, 3.63) is 84.1 Å². The molecule has 0 saturated heterocycles. The highest BCUT2D eigenvalue weighted by molar-refractivity contribution is 6.46. The monoisotopic (exact) mass is 458 g/mol. The number of imide groups is 1. The van der Waals surface area contributed by atoms with Gasteiger partial charge in [0.15, 0.2) is 0 Å². The van der Waals surface area contributed by atoms with E-state index in [1.807, 2.05) is 32.0 Å². The van der Waals surface area contributed by atoms with Gasteiger partial charge in [-0.1, -0.05) is 24.3 Å². The maximum atomic E-state index is 13.6. The van der Waals surface area contributed by atoms with Crippen LogP contribution in [0.1, 0.15) is 19.4 Å². The zero-order valence-electron chi connectivity index (χ0n) is 19.3. The molecule has 1 N–H and O–H groups in total. The number of amides is 2. The fourth-order valence-corrected chi connectivity index (χ4v) is 3.76. The fraction of sp³-hybridized carbons (Fsp3) is 0.185. The van der Waals surface area contributed by atoms with Crippen molar-refractivity contribution < 1.29 is 23.8 Å². The molecule has 3 aromatic carbocycles. The van der Waals surface area contributed by atoms with Gasteiger partial charge >= 0.3 is 0 Å². The predicted molar refractivity (Wildman–Crippen MR) is 131 cm³/mol. The molecule has 0 fully saturated rings. The molecule has 0 bridgehead atoms. The lowest BCUT2D eigenvalue weighted by atomic mass is 10.0. The average Bonchev–Trinajstić information content (AvgIpc) is 3.09. The van der Waals surface area contributed by atoms with Crippen molar-refractivity contribution in [2.45, 2.75) is 13.8 Å². The Labute approximate surface area is 198 Å². The van der Waals surface area contributed by atoms with E-state index in [0.29, 0.717) is 47.4 Å². The van der Waals surface area contributed by atoms with Crippen molar-refractivity contribution in [3.63, 3.8) is 0 Å². The van der Waals surface area contributed by atoms with E-state index >= 15 is 0 Å². The maximum Gasteiger partial charge on any atom is 0.282 e. The van der Waals surface area contributed by atoms with Gasteiger partial charge in [0.25, 0.3) is 11.8 Å². The molecule has 0 aromatic heterocycles. The molecule has 34 heavy (non-hydrogen) atoms. The molecule has 3 aromatic rings. The minimum absolute atomic E-state index is 0.186. The van der Waals surface area contributed by atoms with E-state index < -0.39 is 11.8 Å². The molecule has 4 rings (SSSR count). The van der Waals surface area contributed by atoms with E-state index in [0.717, 1.165) is 4.90 Å². The first kappa shape index (κ1) is 22.9. The van der Waals surface area contributed by atoms with Crippen molar-refractivity contribution in [2.24, 2.45) is 0 Å². The summed E-state index contributed by atoms with van der Waals surface area (Å²) in [6.45, 7) is 4.86. The summed E-state index contributed by atoms with van der Waals surface area (Å²) in [6, 6.07) is 21.2. The quantitative estimate of drug-likeness (QED) is 0.460. The van der Waals surface area contributed by atoms with Crippen molar-refractivity contribution >= 4 is 28.8 Å². The van der Waals surface area contributed by atoms with Crippen LogP contribution >= 0.6 is 0 Å². The summed E-state index contributed by atoms with van der Waals surface area (Å²) in [7, 11) is 1.54. The molecule has 0 saturated carbocycles. The van der Waals surface area contributed by atoms with Crippen LogP contribution in [0.3, 0.4) is 0 Å². The number of methoxy groups -OCH3 is 1. The SMILES string of the molecule is CCOc1ccc(C2=C(Nc3cccc(OCC)c3)C(=O)N(c3cccc(OC)c3)C2=O)cc1. The van der Waals surface area contributed by atoms with Gasteiger partial charge in [0, 0.05) is 17.8 Å². The van der Waals surface area contributed by atoms with Crippen molar-refractivity contribution in [3.8, 4) is 17.2 Å². The fourth-order valence-electron chi connectivity index (χ4n) is 3.76. The predicted octanol–water partition coefficient (Wildman–Crippen LogP) is 4.89. The maximum absolute atomic E-state index is 13.6. The molecule has 0 spiro atoms. The third kappa shape index (κ3) is 4.59. The molecule has 2 amide bonds. The lowest BCUT2D eigenvalue weighted by Crippen LogP contribution is -2.32. The van der Waals surface area contributed by atoms with E-state index in [-0.39, 0.29) is 11.3 Å². The zero-order valence-corrected chi connectivity index (χ0v) is 19.3. The van der Waals surface area contributed by atoms with Crippen LogP contribution in [-0.4, -0.2) is 32.1 Å². The van der Waals surface area contributed by atoms with E-state index in [4.69, 9.17) is 14.2 Å². The molecule has 7 nitrogen and oxygen atoms in total. The molecule has 0 radical (unpaired) electrons. The van der Waals surface area contributed by atoms with Gasteiger partial charge in [0.05, 0.1) is 31.6 Å². The third-order valence-electron chi connectivity index (χ3n) is 5.26. The zero-order chi connectivity index (χ0) is 24.1. The minimum atomic E-state index is -0.455. The molecule has 0 unspecified atom stereocenters. The second kappa shape index (κ2) is 10.1. The lowest BCUT2D eigenvalue weighted by Gasteiger charge is -2.16. The number of carbonyl (C=O) groups excluding carboxylic acids is 2.